The van der Waals surface area contributed by atoms with Crippen LogP contribution in [0.25, 0.3) is 5.69 Å². The van der Waals surface area contributed by atoms with Crippen LogP contribution in [-0.4, -0.2) is 37.2 Å². The lowest BCUT2D eigenvalue weighted by Crippen LogP contribution is -2.40. The molecule has 1 aliphatic rings. The number of nitrogens with zero attached hydrogens (tertiary/aromatic N) is 4. The van der Waals surface area contributed by atoms with E-state index < -0.39 is 22.9 Å². The molecule has 0 unspecified atom stereocenters. The average molecular weight is 504 g/mol. The number of ether oxygens (including phenoxy) is 1. The van der Waals surface area contributed by atoms with Crippen LogP contribution < -0.4 is 5.32 Å². The minimum atomic E-state index is -4.57. The molecule has 0 amide bonds. The Morgan fingerprint density at radius 3 is 2.58 bits per heavy atom. The number of carbonyl (C=O) groups excluding carboxylic acids is 1. The zero-order chi connectivity index (χ0) is 26.1. The molecule has 11 heteroatoms. The molecule has 1 aromatic carbocycles. The first-order valence-electron chi connectivity index (χ1n) is 11.7. The Bertz CT molecular complexity index is 1250. The molecular weight excluding hydrogens is 475 g/mol. The first-order valence-corrected chi connectivity index (χ1v) is 11.7. The number of aromatic nitrogens is 4. The van der Waals surface area contributed by atoms with Gasteiger partial charge in [0.25, 0.3) is 0 Å². The van der Waals surface area contributed by atoms with Gasteiger partial charge in [-0.25, -0.2) is 15.0 Å². The number of hydrogen-bond donors (Lipinski definition) is 2. The summed E-state index contributed by atoms with van der Waals surface area (Å²) < 4.78 is 45.9. The van der Waals surface area contributed by atoms with Crippen LogP contribution in [0.15, 0.2) is 43.0 Å². The number of nitrogens with one attached hydrogen (secondary N) is 1. The predicted octanol–water partition coefficient (Wildman–Crippen LogP) is 5.06. The van der Waals surface area contributed by atoms with E-state index in [0.717, 1.165) is 17.8 Å². The summed E-state index contributed by atoms with van der Waals surface area (Å²) in [6.45, 7) is 5.80. The fraction of sp³-hybridized carbons (Fsp3) is 0.440. The highest BCUT2D eigenvalue weighted by atomic mass is 19.4. The molecule has 3 aromatic rings. The van der Waals surface area contributed by atoms with Gasteiger partial charge >= 0.3 is 12.1 Å². The minimum absolute atomic E-state index is 0.172. The Hall–Kier alpha value is -3.47. The van der Waals surface area contributed by atoms with Gasteiger partial charge in [0.2, 0.25) is 5.95 Å². The second kappa shape index (κ2) is 9.53. The van der Waals surface area contributed by atoms with E-state index in [4.69, 9.17) is 4.74 Å². The molecule has 4 rings (SSSR count). The van der Waals surface area contributed by atoms with Crippen molar-refractivity contribution in [3.05, 3.63) is 59.9 Å². The van der Waals surface area contributed by atoms with Crippen molar-refractivity contribution < 1.29 is 27.8 Å². The van der Waals surface area contributed by atoms with Crippen LogP contribution in [0, 0.1) is 12.3 Å². The predicted molar refractivity (Wildman–Crippen MR) is 126 cm³/mol. The van der Waals surface area contributed by atoms with E-state index in [1.54, 1.807) is 36.1 Å². The standard InChI is InChI=1S/C25H28F3N5O3/c1-4-36-21(34)23(3)6-8-24(35,9-7-23)20-14-33(15-30-20)18-12-16(2)11-17(13-18)31-22-29-10-5-19(32-22)25(26,27)28/h5,10-15,35H,4,6-9H2,1-3H3,(H,29,31,32)/t23-,24-. The molecule has 2 aromatic heterocycles. The van der Waals surface area contributed by atoms with E-state index in [1.165, 1.54) is 0 Å². The molecule has 1 fully saturated rings. The van der Waals surface area contributed by atoms with Gasteiger partial charge in [0, 0.05) is 23.8 Å². The molecule has 1 aliphatic carbocycles. The van der Waals surface area contributed by atoms with Crippen LogP contribution in [0.3, 0.4) is 0 Å². The third-order valence-corrected chi connectivity index (χ3v) is 6.57. The Morgan fingerprint density at radius 2 is 1.92 bits per heavy atom. The summed E-state index contributed by atoms with van der Waals surface area (Å²) >= 11 is 0. The van der Waals surface area contributed by atoms with Crippen molar-refractivity contribution in [3.63, 3.8) is 0 Å². The number of aryl methyl sites for hydroxylation is 1. The number of aliphatic hydroxyl groups is 1. The summed E-state index contributed by atoms with van der Waals surface area (Å²) in [4.78, 5) is 24.2. The molecule has 8 nitrogen and oxygen atoms in total. The minimum Gasteiger partial charge on any atom is -0.466 e. The van der Waals surface area contributed by atoms with Crippen LogP contribution in [0.5, 0.6) is 0 Å². The van der Waals surface area contributed by atoms with E-state index in [1.807, 2.05) is 19.9 Å². The normalized spacial score (nSPS) is 22.3. The number of anilines is 2. The van der Waals surface area contributed by atoms with Gasteiger partial charge < -0.3 is 19.7 Å². The molecule has 0 radical (unpaired) electrons. The first-order chi connectivity index (χ1) is 16.9. The van der Waals surface area contributed by atoms with E-state index in [2.05, 4.69) is 20.3 Å². The van der Waals surface area contributed by atoms with Crippen molar-refractivity contribution in [1.29, 1.82) is 0 Å². The van der Waals surface area contributed by atoms with Crippen molar-refractivity contribution >= 4 is 17.6 Å². The Kier molecular flexibility index (Phi) is 6.78. The average Bonchev–Trinajstić information content (AvgIpc) is 3.32. The Balaban J connectivity index is 1.53. The highest BCUT2D eigenvalue weighted by Crippen LogP contribution is 2.45. The van der Waals surface area contributed by atoms with E-state index in [9.17, 15) is 23.1 Å². The molecule has 0 bridgehead atoms. The van der Waals surface area contributed by atoms with Crippen LogP contribution in [0.1, 0.15) is 56.5 Å². The topological polar surface area (TPSA) is 102 Å². The van der Waals surface area contributed by atoms with Gasteiger partial charge in [0.1, 0.15) is 11.3 Å². The lowest BCUT2D eigenvalue weighted by Gasteiger charge is -2.39. The quantitative estimate of drug-likeness (QED) is 0.453. The van der Waals surface area contributed by atoms with Gasteiger partial charge in [-0.1, -0.05) is 0 Å². The van der Waals surface area contributed by atoms with Crippen molar-refractivity contribution in [2.24, 2.45) is 5.41 Å². The zero-order valence-corrected chi connectivity index (χ0v) is 20.3. The molecule has 0 saturated heterocycles. The molecule has 0 spiro atoms. The number of esters is 1. The van der Waals surface area contributed by atoms with Crippen molar-refractivity contribution in [2.45, 2.75) is 58.2 Å². The molecule has 0 atom stereocenters. The second-order valence-electron chi connectivity index (χ2n) is 9.42. The van der Waals surface area contributed by atoms with Gasteiger partial charge in [0.05, 0.1) is 24.0 Å². The Labute approximate surface area is 206 Å². The SMILES string of the molecule is CCOC(=O)[C@]1(C)CC[C@](O)(c2cn(-c3cc(C)cc(Nc4nccc(C(F)(F)F)n4)c3)cn2)CC1. The first kappa shape index (κ1) is 25.6. The van der Waals surface area contributed by atoms with Gasteiger partial charge in [-0.05, 0) is 76.3 Å². The third kappa shape index (κ3) is 5.35. The van der Waals surface area contributed by atoms with Crippen molar-refractivity contribution in [2.75, 3.05) is 11.9 Å². The molecule has 36 heavy (non-hydrogen) atoms. The van der Waals surface area contributed by atoms with Crippen molar-refractivity contribution in [3.8, 4) is 5.69 Å². The number of hydrogen-bond acceptors (Lipinski definition) is 7. The number of halogens is 3. The monoisotopic (exact) mass is 503 g/mol. The molecule has 192 valence electrons. The fourth-order valence-corrected chi connectivity index (χ4v) is 4.38. The molecule has 0 aliphatic heterocycles. The summed E-state index contributed by atoms with van der Waals surface area (Å²) in [7, 11) is 0. The summed E-state index contributed by atoms with van der Waals surface area (Å²) in [6, 6.07) is 6.18. The number of benzene rings is 1. The summed E-state index contributed by atoms with van der Waals surface area (Å²) in [5, 5.41) is 14.1. The number of rotatable bonds is 6. The van der Waals surface area contributed by atoms with Crippen LogP contribution in [0.2, 0.25) is 0 Å². The summed E-state index contributed by atoms with van der Waals surface area (Å²) in [6.07, 6.45) is 1.47. The number of alkyl halides is 3. The molecule has 2 heterocycles. The maximum absolute atomic E-state index is 13.0. The molecular formula is C25H28F3N5O3. The van der Waals surface area contributed by atoms with Crippen LogP contribution >= 0.6 is 0 Å². The molecule has 1 saturated carbocycles. The smallest absolute Gasteiger partial charge is 0.433 e. The summed E-state index contributed by atoms with van der Waals surface area (Å²) in [5.74, 6) is -0.420. The Morgan fingerprint density at radius 1 is 1.19 bits per heavy atom. The van der Waals surface area contributed by atoms with Gasteiger partial charge in [0.15, 0.2) is 0 Å². The van der Waals surface area contributed by atoms with Gasteiger partial charge in [-0.15, -0.1) is 0 Å². The lowest BCUT2D eigenvalue weighted by atomic mass is 9.69. The fourth-order valence-electron chi connectivity index (χ4n) is 4.38. The number of carbonyl (C=O) groups is 1. The van der Waals surface area contributed by atoms with Gasteiger partial charge in [-0.3, -0.25) is 4.79 Å². The maximum atomic E-state index is 13.0. The highest BCUT2D eigenvalue weighted by Gasteiger charge is 2.46. The van der Waals surface area contributed by atoms with E-state index in [-0.39, 0.29) is 11.9 Å². The number of imidazole rings is 1. The lowest BCUT2D eigenvalue weighted by molar-refractivity contribution is -0.160. The second-order valence-corrected chi connectivity index (χ2v) is 9.42. The van der Waals surface area contributed by atoms with E-state index >= 15 is 0 Å². The highest BCUT2D eigenvalue weighted by molar-refractivity contribution is 5.76. The zero-order valence-electron chi connectivity index (χ0n) is 20.3. The van der Waals surface area contributed by atoms with Gasteiger partial charge in [-0.2, -0.15) is 13.2 Å². The van der Waals surface area contributed by atoms with Crippen LogP contribution in [0.4, 0.5) is 24.8 Å². The van der Waals surface area contributed by atoms with Crippen LogP contribution in [-0.2, 0) is 21.3 Å². The largest absolute Gasteiger partial charge is 0.466 e. The summed E-state index contributed by atoms with van der Waals surface area (Å²) in [5.41, 5.74) is -0.307. The maximum Gasteiger partial charge on any atom is 0.433 e. The van der Waals surface area contributed by atoms with E-state index in [0.29, 0.717) is 49.4 Å². The van der Waals surface area contributed by atoms with Crippen molar-refractivity contribution in [1.82, 2.24) is 19.5 Å². The third-order valence-electron chi connectivity index (χ3n) is 6.57. The molecule has 2 N–H and O–H groups in total.